The van der Waals surface area contributed by atoms with Crippen molar-refractivity contribution in [1.29, 1.82) is 0 Å². The maximum absolute atomic E-state index is 12.5. The summed E-state index contributed by atoms with van der Waals surface area (Å²) >= 11 is 1.41. The average Bonchev–Trinajstić information content (AvgIpc) is 3.27. The number of carbonyl (C=O) groups is 2. The zero-order valence-corrected chi connectivity index (χ0v) is 21.9. The number of aromatic nitrogens is 1. The SMILES string of the molecule is C=C\C(=C/C(=C(\C)C(C)CC)C(=C\C)/c1csc(/C(=C/C(=C\CC)C(C)=O)C(C)=O)n1)CN. The summed E-state index contributed by atoms with van der Waals surface area (Å²) in [5.41, 5.74) is 12.0. The van der Waals surface area contributed by atoms with E-state index < -0.39 is 0 Å². The molecule has 0 saturated carbocycles. The first kappa shape index (κ1) is 28.4. The predicted octanol–water partition coefficient (Wildman–Crippen LogP) is 6.88. The minimum Gasteiger partial charge on any atom is -0.326 e. The molecule has 5 heteroatoms. The van der Waals surface area contributed by atoms with Gasteiger partial charge in [0.25, 0.3) is 0 Å². The summed E-state index contributed by atoms with van der Waals surface area (Å²) < 4.78 is 0. The number of rotatable bonds is 12. The highest BCUT2D eigenvalue weighted by molar-refractivity contribution is 7.11. The quantitative estimate of drug-likeness (QED) is 0.269. The van der Waals surface area contributed by atoms with E-state index in [0.717, 1.165) is 28.8 Å². The fraction of sp³-hybridized carbons (Fsp3) is 0.393. The molecule has 33 heavy (non-hydrogen) atoms. The molecule has 0 aliphatic carbocycles. The van der Waals surface area contributed by atoms with Gasteiger partial charge in [0.1, 0.15) is 5.01 Å². The van der Waals surface area contributed by atoms with Crippen LogP contribution in [0.5, 0.6) is 0 Å². The monoisotopic (exact) mass is 466 g/mol. The molecule has 2 N–H and O–H groups in total. The van der Waals surface area contributed by atoms with Crippen LogP contribution in [0.3, 0.4) is 0 Å². The predicted molar refractivity (Wildman–Crippen MR) is 143 cm³/mol. The number of carbonyl (C=O) groups excluding carboxylic acids is 2. The average molecular weight is 467 g/mol. The van der Waals surface area contributed by atoms with Crippen molar-refractivity contribution in [3.63, 3.8) is 0 Å². The number of nitrogens with two attached hydrogens (primary N) is 1. The highest BCUT2D eigenvalue weighted by atomic mass is 32.1. The lowest BCUT2D eigenvalue weighted by atomic mass is 9.88. The molecular formula is C28H38N2O2S. The Morgan fingerprint density at radius 3 is 2.27 bits per heavy atom. The third-order valence-electron chi connectivity index (χ3n) is 5.70. The summed E-state index contributed by atoms with van der Waals surface area (Å²) in [5.74, 6) is 0.197. The Bertz CT molecular complexity index is 1030. The van der Waals surface area contributed by atoms with E-state index in [9.17, 15) is 9.59 Å². The van der Waals surface area contributed by atoms with Crippen molar-refractivity contribution in [3.8, 4) is 0 Å². The van der Waals surface area contributed by atoms with Gasteiger partial charge >= 0.3 is 0 Å². The van der Waals surface area contributed by atoms with E-state index in [0.29, 0.717) is 35.0 Å². The molecule has 0 spiro atoms. The Morgan fingerprint density at radius 1 is 1.15 bits per heavy atom. The van der Waals surface area contributed by atoms with Crippen molar-refractivity contribution in [2.24, 2.45) is 11.7 Å². The Balaban J connectivity index is 3.69. The van der Waals surface area contributed by atoms with Crippen LogP contribution in [0.2, 0.25) is 0 Å². The van der Waals surface area contributed by atoms with Crippen molar-refractivity contribution in [2.75, 3.05) is 6.54 Å². The number of nitrogens with zero attached hydrogens (tertiary/aromatic N) is 1. The van der Waals surface area contributed by atoms with Crippen LogP contribution in [0.4, 0.5) is 0 Å². The van der Waals surface area contributed by atoms with Crippen LogP contribution >= 0.6 is 11.3 Å². The summed E-state index contributed by atoms with van der Waals surface area (Å²) in [7, 11) is 0. The van der Waals surface area contributed by atoms with Crippen molar-refractivity contribution in [1.82, 2.24) is 4.98 Å². The van der Waals surface area contributed by atoms with Gasteiger partial charge in [-0.25, -0.2) is 4.98 Å². The molecule has 1 heterocycles. The standard InChI is InChI=1S/C28H38N2O2S/c1-9-13-23(20(7)31)15-26(21(8)32)28-30-27(17-33-28)24(12-4)25(14-22(11-3)16-29)19(6)18(5)10-2/h11-15,17-18H,3,9-10,16,29H2,1-2,4-8H3/b22-14+,23-13+,24-12+,25-19-,26-15+. The van der Waals surface area contributed by atoms with Gasteiger partial charge < -0.3 is 5.73 Å². The van der Waals surface area contributed by atoms with E-state index in [1.54, 1.807) is 12.2 Å². The number of hydrogen-bond acceptors (Lipinski definition) is 5. The number of allylic oxidation sites excluding steroid dienone is 9. The minimum absolute atomic E-state index is 0.0696. The molecule has 1 aromatic heterocycles. The van der Waals surface area contributed by atoms with E-state index in [2.05, 4.69) is 33.4 Å². The van der Waals surface area contributed by atoms with Crippen LogP contribution in [-0.2, 0) is 9.59 Å². The molecule has 0 saturated heterocycles. The molecule has 4 nitrogen and oxygen atoms in total. The van der Waals surface area contributed by atoms with Crippen LogP contribution in [0.15, 0.2) is 64.6 Å². The first-order chi connectivity index (χ1) is 15.6. The summed E-state index contributed by atoms with van der Waals surface area (Å²) in [6.07, 6.45) is 11.1. The third-order valence-corrected chi connectivity index (χ3v) is 6.58. The third kappa shape index (κ3) is 7.72. The van der Waals surface area contributed by atoms with Crippen molar-refractivity contribution >= 4 is 34.0 Å². The van der Waals surface area contributed by atoms with Crippen molar-refractivity contribution in [2.45, 2.75) is 61.3 Å². The van der Waals surface area contributed by atoms with E-state index in [4.69, 9.17) is 10.7 Å². The smallest absolute Gasteiger partial charge is 0.162 e. The number of ketones is 2. The Morgan fingerprint density at radius 2 is 1.82 bits per heavy atom. The summed E-state index contributed by atoms with van der Waals surface area (Å²) in [4.78, 5) is 29.3. The molecule has 178 valence electrons. The van der Waals surface area contributed by atoms with Crippen molar-refractivity contribution in [3.05, 3.63) is 75.3 Å². The Kier molecular flexibility index (Phi) is 11.9. The van der Waals surface area contributed by atoms with Crippen LogP contribution in [0.1, 0.15) is 72.0 Å². The molecule has 1 unspecified atom stereocenters. The summed E-state index contributed by atoms with van der Waals surface area (Å²) in [6.45, 7) is 17.8. The van der Waals surface area contributed by atoms with Crippen LogP contribution in [-0.4, -0.2) is 23.1 Å². The molecule has 0 amide bonds. The lowest BCUT2D eigenvalue weighted by molar-refractivity contribution is -0.113. The van der Waals surface area contributed by atoms with Gasteiger partial charge in [0.15, 0.2) is 11.6 Å². The summed E-state index contributed by atoms with van der Waals surface area (Å²) in [5, 5.41) is 2.57. The molecule has 0 aromatic carbocycles. The normalized spacial score (nSPS) is 15.3. The first-order valence-corrected chi connectivity index (χ1v) is 12.3. The first-order valence-electron chi connectivity index (χ1n) is 11.4. The van der Waals surface area contributed by atoms with Gasteiger partial charge in [0.05, 0.1) is 11.3 Å². The second-order valence-corrected chi connectivity index (χ2v) is 8.87. The fourth-order valence-corrected chi connectivity index (χ4v) is 4.20. The molecule has 0 aliphatic rings. The molecule has 1 atom stereocenters. The maximum Gasteiger partial charge on any atom is 0.162 e. The van der Waals surface area contributed by atoms with Gasteiger partial charge in [-0.2, -0.15) is 0 Å². The minimum atomic E-state index is -0.121. The highest BCUT2D eigenvalue weighted by Gasteiger charge is 2.19. The molecular weight excluding hydrogens is 428 g/mol. The molecule has 0 radical (unpaired) electrons. The molecule has 1 aromatic rings. The fourth-order valence-electron chi connectivity index (χ4n) is 3.32. The van der Waals surface area contributed by atoms with Crippen LogP contribution < -0.4 is 5.73 Å². The molecule has 0 bridgehead atoms. The largest absolute Gasteiger partial charge is 0.326 e. The number of Topliss-reactive ketones (excluding diaryl/α,β-unsaturated/α-hetero) is 2. The second-order valence-electron chi connectivity index (χ2n) is 8.01. The van der Waals surface area contributed by atoms with E-state index in [1.807, 2.05) is 31.4 Å². The lowest BCUT2D eigenvalue weighted by Gasteiger charge is -2.17. The van der Waals surface area contributed by atoms with E-state index in [1.165, 1.54) is 30.8 Å². The summed E-state index contributed by atoms with van der Waals surface area (Å²) in [6, 6.07) is 0. The van der Waals surface area contributed by atoms with Gasteiger partial charge in [-0.3, -0.25) is 9.59 Å². The van der Waals surface area contributed by atoms with E-state index >= 15 is 0 Å². The Hall–Kier alpha value is -2.63. The maximum atomic E-state index is 12.5. The topological polar surface area (TPSA) is 73.0 Å². The molecule has 1 rings (SSSR count). The molecule has 0 fully saturated rings. The Labute approximate surface area is 203 Å². The number of thiazole rings is 1. The number of hydrogen-bond donors (Lipinski definition) is 1. The van der Waals surface area contributed by atoms with Gasteiger partial charge in [0.2, 0.25) is 0 Å². The zero-order valence-electron chi connectivity index (χ0n) is 21.1. The van der Waals surface area contributed by atoms with Crippen LogP contribution in [0.25, 0.3) is 11.1 Å². The van der Waals surface area contributed by atoms with Gasteiger partial charge in [-0.1, -0.05) is 51.2 Å². The van der Waals surface area contributed by atoms with Gasteiger partial charge in [-0.05, 0) is 69.8 Å². The molecule has 0 aliphatic heterocycles. The van der Waals surface area contributed by atoms with Crippen LogP contribution in [0, 0.1) is 5.92 Å². The second kappa shape index (κ2) is 13.8. The van der Waals surface area contributed by atoms with Gasteiger partial charge in [-0.15, -0.1) is 11.3 Å². The zero-order chi connectivity index (χ0) is 25.1. The highest BCUT2D eigenvalue weighted by Crippen LogP contribution is 2.34. The van der Waals surface area contributed by atoms with E-state index in [-0.39, 0.29) is 11.6 Å². The van der Waals surface area contributed by atoms with Gasteiger partial charge in [0, 0.05) is 23.1 Å². The lowest BCUT2D eigenvalue weighted by Crippen LogP contribution is -2.05. The van der Waals surface area contributed by atoms with Crippen molar-refractivity contribution < 1.29 is 9.59 Å².